The van der Waals surface area contributed by atoms with Gasteiger partial charge in [0.1, 0.15) is 11.5 Å². The third kappa shape index (κ3) is 2.93. The Hall–Kier alpha value is -1.87. The van der Waals surface area contributed by atoms with Gasteiger partial charge in [-0.15, -0.1) is 0 Å². The van der Waals surface area contributed by atoms with E-state index >= 15 is 0 Å². The number of rotatable bonds is 5. The highest BCUT2D eigenvalue weighted by molar-refractivity contribution is 6.31. The van der Waals surface area contributed by atoms with Gasteiger partial charge in [0.25, 0.3) is 5.69 Å². The molecule has 5 nitrogen and oxygen atoms in total. The Morgan fingerprint density at radius 2 is 2.26 bits per heavy atom. The van der Waals surface area contributed by atoms with Crippen molar-refractivity contribution in [3.63, 3.8) is 0 Å². The van der Waals surface area contributed by atoms with E-state index in [0.29, 0.717) is 6.54 Å². The molecule has 1 aromatic rings. The first-order valence-electron chi connectivity index (χ1n) is 5.81. The third-order valence-electron chi connectivity index (χ3n) is 2.98. The van der Waals surface area contributed by atoms with E-state index in [9.17, 15) is 14.5 Å². The highest BCUT2D eigenvalue weighted by atomic mass is 35.5. The molecule has 0 saturated heterocycles. The minimum absolute atomic E-state index is 0.150. The van der Waals surface area contributed by atoms with Gasteiger partial charge >= 0.3 is 0 Å². The van der Waals surface area contributed by atoms with Crippen LogP contribution in [0.5, 0.6) is 0 Å². The minimum Gasteiger partial charge on any atom is -0.362 e. The fourth-order valence-electron chi connectivity index (χ4n) is 1.96. The van der Waals surface area contributed by atoms with Gasteiger partial charge in [-0.3, -0.25) is 10.1 Å². The number of anilines is 1. The van der Waals surface area contributed by atoms with Crippen LogP contribution >= 0.6 is 11.6 Å². The molecular weight excluding hydrogens is 273 g/mol. The monoisotopic (exact) mass is 283 g/mol. The van der Waals surface area contributed by atoms with Gasteiger partial charge in [-0.25, -0.2) is 4.39 Å². The lowest BCUT2D eigenvalue weighted by Gasteiger charge is -2.23. The van der Waals surface area contributed by atoms with Crippen LogP contribution in [0.15, 0.2) is 12.1 Å². The molecule has 0 bridgehead atoms. The summed E-state index contributed by atoms with van der Waals surface area (Å²) in [5.41, 5.74) is -0.0270. The molecule has 0 atom stereocenters. The predicted molar refractivity (Wildman–Crippen MR) is 68.7 cm³/mol. The van der Waals surface area contributed by atoms with Crippen LogP contribution in [0.4, 0.5) is 15.8 Å². The van der Waals surface area contributed by atoms with Crippen LogP contribution in [0.3, 0.4) is 0 Å². The van der Waals surface area contributed by atoms with E-state index in [2.05, 4.69) is 0 Å². The maximum atomic E-state index is 13.3. The molecule has 0 radical (unpaired) electrons. The number of hydrogen-bond donors (Lipinski definition) is 0. The van der Waals surface area contributed by atoms with E-state index in [0.717, 1.165) is 18.9 Å². The van der Waals surface area contributed by atoms with Crippen LogP contribution in [-0.2, 0) is 0 Å². The molecule has 1 aliphatic rings. The van der Waals surface area contributed by atoms with Crippen molar-refractivity contribution in [1.29, 1.82) is 5.26 Å². The van der Waals surface area contributed by atoms with Crippen molar-refractivity contribution in [3.05, 3.63) is 33.1 Å². The van der Waals surface area contributed by atoms with Crippen molar-refractivity contribution in [2.75, 3.05) is 11.4 Å². The van der Waals surface area contributed by atoms with Gasteiger partial charge in [-0.1, -0.05) is 11.6 Å². The molecule has 1 saturated carbocycles. The fourth-order valence-corrected chi connectivity index (χ4v) is 2.12. The van der Waals surface area contributed by atoms with E-state index in [4.69, 9.17) is 16.9 Å². The molecule has 0 spiro atoms. The Morgan fingerprint density at radius 1 is 1.58 bits per heavy atom. The molecule has 2 rings (SSSR count). The SMILES string of the molecule is N#CCCN(c1cc(Cl)c(F)cc1[N+](=O)[O-])C1CC1. The molecule has 0 heterocycles. The summed E-state index contributed by atoms with van der Waals surface area (Å²) in [6, 6.07) is 4.28. The predicted octanol–water partition coefficient (Wildman–Crippen LogP) is 3.27. The number of benzene rings is 1. The quantitative estimate of drug-likeness (QED) is 0.614. The lowest BCUT2D eigenvalue weighted by Crippen LogP contribution is -2.27. The first-order chi connectivity index (χ1) is 9.04. The average Bonchev–Trinajstić information content (AvgIpc) is 3.17. The molecule has 0 N–H and O–H groups in total. The van der Waals surface area contributed by atoms with E-state index < -0.39 is 10.7 Å². The molecule has 0 amide bonds. The molecule has 0 unspecified atom stereocenters. The lowest BCUT2D eigenvalue weighted by molar-refractivity contribution is -0.384. The Morgan fingerprint density at radius 3 is 2.79 bits per heavy atom. The van der Waals surface area contributed by atoms with Crippen molar-refractivity contribution in [3.8, 4) is 6.07 Å². The topological polar surface area (TPSA) is 70.2 Å². The van der Waals surface area contributed by atoms with Gasteiger partial charge in [0.05, 0.1) is 28.5 Å². The summed E-state index contributed by atoms with van der Waals surface area (Å²) in [6.45, 7) is 0.379. The summed E-state index contributed by atoms with van der Waals surface area (Å²) in [6.07, 6.45) is 2.08. The van der Waals surface area contributed by atoms with E-state index in [1.807, 2.05) is 6.07 Å². The van der Waals surface area contributed by atoms with Gasteiger partial charge in [0.2, 0.25) is 0 Å². The molecule has 100 valence electrons. The maximum Gasteiger partial charge on any atom is 0.295 e. The summed E-state index contributed by atoms with van der Waals surface area (Å²) >= 11 is 5.70. The van der Waals surface area contributed by atoms with Gasteiger partial charge in [0.15, 0.2) is 0 Å². The molecule has 7 heteroatoms. The second-order valence-electron chi connectivity index (χ2n) is 4.34. The van der Waals surface area contributed by atoms with Crippen molar-refractivity contribution in [2.45, 2.75) is 25.3 Å². The van der Waals surface area contributed by atoms with Gasteiger partial charge in [-0.05, 0) is 18.9 Å². The second-order valence-corrected chi connectivity index (χ2v) is 4.75. The van der Waals surface area contributed by atoms with E-state index in [-0.39, 0.29) is 28.9 Å². The first-order valence-corrected chi connectivity index (χ1v) is 6.19. The molecule has 19 heavy (non-hydrogen) atoms. The second kappa shape index (κ2) is 5.41. The molecule has 1 aliphatic carbocycles. The number of nitro benzene ring substituents is 1. The zero-order chi connectivity index (χ0) is 14.0. The largest absolute Gasteiger partial charge is 0.362 e. The van der Waals surface area contributed by atoms with Crippen LogP contribution in [0.1, 0.15) is 19.3 Å². The van der Waals surface area contributed by atoms with E-state index in [1.54, 1.807) is 4.90 Å². The lowest BCUT2D eigenvalue weighted by atomic mass is 10.2. The Kier molecular flexibility index (Phi) is 3.86. The molecule has 0 aliphatic heterocycles. The number of nitriles is 1. The van der Waals surface area contributed by atoms with Gasteiger partial charge < -0.3 is 4.90 Å². The zero-order valence-corrected chi connectivity index (χ0v) is 10.7. The molecule has 1 fully saturated rings. The number of nitrogens with zero attached hydrogens (tertiary/aromatic N) is 3. The zero-order valence-electron chi connectivity index (χ0n) is 9.97. The normalized spacial score (nSPS) is 13.9. The first kappa shape index (κ1) is 13.6. The van der Waals surface area contributed by atoms with Crippen LogP contribution in [-0.4, -0.2) is 17.5 Å². The van der Waals surface area contributed by atoms with Crippen molar-refractivity contribution in [1.82, 2.24) is 0 Å². The number of halogens is 2. The third-order valence-corrected chi connectivity index (χ3v) is 3.27. The smallest absolute Gasteiger partial charge is 0.295 e. The van der Waals surface area contributed by atoms with Crippen molar-refractivity contribution >= 4 is 23.0 Å². The highest BCUT2D eigenvalue weighted by Gasteiger charge is 2.33. The standard InChI is InChI=1S/C12H11ClFN3O2/c13-9-6-11(12(17(18)19)7-10(9)14)16(5-1-4-15)8-2-3-8/h6-8H,1-3,5H2. The van der Waals surface area contributed by atoms with Gasteiger partial charge in [0, 0.05) is 12.6 Å². The fraction of sp³-hybridized carbons (Fsp3) is 0.417. The average molecular weight is 284 g/mol. The number of hydrogen-bond acceptors (Lipinski definition) is 4. The summed E-state index contributed by atoms with van der Waals surface area (Å²) in [4.78, 5) is 12.2. The summed E-state index contributed by atoms with van der Waals surface area (Å²) in [5.74, 6) is -0.812. The molecular formula is C12H11ClFN3O2. The Labute approximate surface area is 114 Å². The van der Waals surface area contributed by atoms with E-state index in [1.165, 1.54) is 6.07 Å². The summed E-state index contributed by atoms with van der Waals surface area (Å²) < 4.78 is 13.3. The molecule has 0 aromatic heterocycles. The highest BCUT2D eigenvalue weighted by Crippen LogP contribution is 2.39. The summed E-state index contributed by atoms with van der Waals surface area (Å²) in [7, 11) is 0. The Balaban J connectivity index is 2.42. The Bertz CT molecular complexity index is 555. The summed E-state index contributed by atoms with van der Waals surface area (Å²) in [5, 5.41) is 19.5. The van der Waals surface area contributed by atoms with Crippen molar-refractivity contribution in [2.24, 2.45) is 0 Å². The molecule has 1 aromatic carbocycles. The van der Waals surface area contributed by atoms with Crippen LogP contribution in [0, 0.1) is 27.3 Å². The van der Waals surface area contributed by atoms with Crippen LogP contribution < -0.4 is 4.90 Å². The van der Waals surface area contributed by atoms with Gasteiger partial charge in [-0.2, -0.15) is 5.26 Å². The van der Waals surface area contributed by atoms with Crippen LogP contribution in [0.25, 0.3) is 0 Å². The van der Waals surface area contributed by atoms with Crippen molar-refractivity contribution < 1.29 is 9.31 Å². The minimum atomic E-state index is -0.812. The maximum absolute atomic E-state index is 13.3. The van der Waals surface area contributed by atoms with Crippen LogP contribution in [0.2, 0.25) is 5.02 Å². The number of nitro groups is 1.